The van der Waals surface area contributed by atoms with E-state index in [4.69, 9.17) is 16.2 Å². The van der Waals surface area contributed by atoms with E-state index in [1.54, 1.807) is 0 Å². The molecule has 0 aliphatic rings. The van der Waals surface area contributed by atoms with Crippen LogP contribution in [0.25, 0.3) is 0 Å². The summed E-state index contributed by atoms with van der Waals surface area (Å²) in [5.74, 6) is 0. The summed E-state index contributed by atoms with van der Waals surface area (Å²) in [6.07, 6.45) is 0. The molecule has 0 spiro atoms. The Labute approximate surface area is 55.9 Å². The normalized spacial score (nSPS) is 7.33. The third kappa shape index (κ3) is 18.2. The lowest BCUT2D eigenvalue weighted by molar-refractivity contribution is 0.149. The first kappa shape index (κ1) is 15.9. The first-order valence-electron chi connectivity index (χ1n) is 2.39. The van der Waals surface area contributed by atoms with E-state index in [1.807, 2.05) is 0 Å². The summed E-state index contributed by atoms with van der Waals surface area (Å²) in [5.41, 5.74) is 10.2. The molecule has 0 amide bonds. The molecule has 0 saturated heterocycles. The second kappa shape index (κ2) is 15.7. The van der Waals surface area contributed by atoms with Crippen molar-refractivity contribution in [3.05, 3.63) is 0 Å². The zero-order valence-corrected chi connectivity index (χ0v) is 5.81. The van der Waals surface area contributed by atoms with Crippen LogP contribution in [0.15, 0.2) is 0 Å². The van der Waals surface area contributed by atoms with E-state index in [0.29, 0.717) is 26.3 Å². The standard InChI is InChI=1S/C4H12N2O.2H3N/c5-1-3-7-4-2-6;;/h1-6H2;2*1H3. The molecule has 0 rings (SSSR count). The van der Waals surface area contributed by atoms with Crippen molar-refractivity contribution in [2.75, 3.05) is 26.3 Å². The molecule has 0 atom stereocenters. The smallest absolute Gasteiger partial charge is 0.0589 e. The van der Waals surface area contributed by atoms with Crippen molar-refractivity contribution in [2.24, 2.45) is 11.5 Å². The molecular weight excluding hydrogens is 120 g/mol. The number of nitrogens with two attached hydrogens (primary N) is 2. The second-order valence-electron chi connectivity index (χ2n) is 1.19. The van der Waals surface area contributed by atoms with Crippen LogP contribution in [0.3, 0.4) is 0 Å². The van der Waals surface area contributed by atoms with E-state index in [9.17, 15) is 0 Å². The zero-order chi connectivity index (χ0) is 5.54. The van der Waals surface area contributed by atoms with Crippen LogP contribution in [0.5, 0.6) is 0 Å². The maximum atomic E-state index is 5.10. The Morgan fingerprint density at radius 3 is 1.44 bits per heavy atom. The minimum Gasteiger partial charge on any atom is -0.379 e. The van der Waals surface area contributed by atoms with Gasteiger partial charge in [0, 0.05) is 13.1 Å². The SMILES string of the molecule is N.N.NCCOCCN. The lowest BCUT2D eigenvalue weighted by atomic mass is 10.7. The Kier molecular flexibility index (Phi) is 27.7. The molecule has 0 bridgehead atoms. The molecule has 0 aromatic heterocycles. The zero-order valence-electron chi connectivity index (χ0n) is 5.81. The van der Waals surface area contributed by atoms with Gasteiger partial charge in [0.05, 0.1) is 13.2 Å². The van der Waals surface area contributed by atoms with Gasteiger partial charge in [-0.3, -0.25) is 0 Å². The average Bonchev–Trinajstić information content (AvgIpc) is 1.69. The van der Waals surface area contributed by atoms with E-state index in [0.717, 1.165) is 0 Å². The van der Waals surface area contributed by atoms with Gasteiger partial charge in [-0.1, -0.05) is 0 Å². The van der Waals surface area contributed by atoms with Crippen LogP contribution in [0.2, 0.25) is 0 Å². The monoisotopic (exact) mass is 138 g/mol. The molecule has 0 radical (unpaired) electrons. The van der Waals surface area contributed by atoms with Gasteiger partial charge in [-0.25, -0.2) is 0 Å². The van der Waals surface area contributed by atoms with Gasteiger partial charge in [-0.15, -0.1) is 0 Å². The highest BCUT2D eigenvalue weighted by Crippen LogP contribution is 1.65. The fourth-order valence-corrected chi connectivity index (χ4v) is 0.269. The molecule has 0 aromatic rings. The summed E-state index contributed by atoms with van der Waals surface area (Å²) < 4.78 is 4.88. The van der Waals surface area contributed by atoms with Gasteiger partial charge in [-0.2, -0.15) is 0 Å². The lowest BCUT2D eigenvalue weighted by Crippen LogP contribution is -2.13. The van der Waals surface area contributed by atoms with Crippen LogP contribution in [-0.4, -0.2) is 26.3 Å². The van der Waals surface area contributed by atoms with Gasteiger partial charge in [0.25, 0.3) is 0 Å². The Hall–Kier alpha value is -0.200. The van der Waals surface area contributed by atoms with Gasteiger partial charge in [0.2, 0.25) is 0 Å². The van der Waals surface area contributed by atoms with Crippen LogP contribution in [0.4, 0.5) is 0 Å². The van der Waals surface area contributed by atoms with Gasteiger partial charge in [0.1, 0.15) is 0 Å². The summed E-state index contributed by atoms with van der Waals surface area (Å²) in [5, 5.41) is 0. The fraction of sp³-hybridized carbons (Fsp3) is 1.00. The third-order valence-electron chi connectivity index (χ3n) is 0.524. The second-order valence-corrected chi connectivity index (χ2v) is 1.19. The molecule has 0 aliphatic carbocycles. The highest BCUT2D eigenvalue weighted by Gasteiger charge is 1.77. The highest BCUT2D eigenvalue weighted by molar-refractivity contribution is 4.31. The molecule has 0 heterocycles. The molecule has 5 nitrogen and oxygen atoms in total. The van der Waals surface area contributed by atoms with Gasteiger partial charge in [0.15, 0.2) is 0 Å². The van der Waals surface area contributed by atoms with E-state index in [1.165, 1.54) is 0 Å². The van der Waals surface area contributed by atoms with Crippen molar-refractivity contribution >= 4 is 0 Å². The average molecular weight is 138 g/mol. The van der Waals surface area contributed by atoms with Crippen molar-refractivity contribution in [1.82, 2.24) is 12.3 Å². The van der Waals surface area contributed by atoms with Crippen molar-refractivity contribution in [3.63, 3.8) is 0 Å². The highest BCUT2D eigenvalue weighted by atomic mass is 16.5. The van der Waals surface area contributed by atoms with E-state index >= 15 is 0 Å². The summed E-state index contributed by atoms with van der Waals surface area (Å²) >= 11 is 0. The van der Waals surface area contributed by atoms with Gasteiger partial charge < -0.3 is 28.5 Å². The van der Waals surface area contributed by atoms with Crippen molar-refractivity contribution in [1.29, 1.82) is 0 Å². The fourth-order valence-electron chi connectivity index (χ4n) is 0.269. The van der Waals surface area contributed by atoms with E-state index in [-0.39, 0.29) is 12.3 Å². The maximum Gasteiger partial charge on any atom is 0.0589 e. The molecule has 60 valence electrons. The predicted octanol–water partition coefficient (Wildman–Crippen LogP) is -0.756. The van der Waals surface area contributed by atoms with Crippen LogP contribution < -0.4 is 23.8 Å². The minimum absolute atomic E-state index is 0. The first-order valence-corrected chi connectivity index (χ1v) is 2.39. The van der Waals surface area contributed by atoms with Crippen LogP contribution in [-0.2, 0) is 4.74 Å². The molecule has 0 aromatic carbocycles. The van der Waals surface area contributed by atoms with Crippen LogP contribution in [0, 0.1) is 0 Å². The molecule has 5 heteroatoms. The number of hydrogen-bond donors (Lipinski definition) is 4. The van der Waals surface area contributed by atoms with Crippen molar-refractivity contribution in [2.45, 2.75) is 0 Å². The Morgan fingerprint density at radius 1 is 0.889 bits per heavy atom. The third-order valence-corrected chi connectivity index (χ3v) is 0.524. The molecule has 0 unspecified atom stereocenters. The van der Waals surface area contributed by atoms with E-state index < -0.39 is 0 Å². The summed E-state index contributed by atoms with van der Waals surface area (Å²) in [6.45, 7) is 2.41. The minimum atomic E-state index is 0. The Bertz CT molecular complexity index is 31.7. The van der Waals surface area contributed by atoms with Crippen LogP contribution >= 0.6 is 0 Å². The molecule has 0 aliphatic heterocycles. The predicted molar refractivity (Wildman–Crippen MR) is 39.0 cm³/mol. The van der Waals surface area contributed by atoms with Crippen molar-refractivity contribution in [3.8, 4) is 0 Å². The molecule has 0 saturated carbocycles. The Balaban J connectivity index is -0.000000180. The van der Waals surface area contributed by atoms with Gasteiger partial charge >= 0.3 is 0 Å². The van der Waals surface area contributed by atoms with E-state index in [2.05, 4.69) is 0 Å². The molecule has 10 N–H and O–H groups in total. The largest absolute Gasteiger partial charge is 0.379 e. The molecule has 0 fully saturated rings. The van der Waals surface area contributed by atoms with Crippen molar-refractivity contribution < 1.29 is 4.74 Å². The molecular formula is C4H18N4O. The molecule has 9 heavy (non-hydrogen) atoms. The number of rotatable bonds is 4. The van der Waals surface area contributed by atoms with Crippen LogP contribution in [0.1, 0.15) is 0 Å². The summed E-state index contributed by atoms with van der Waals surface area (Å²) in [7, 11) is 0. The maximum absolute atomic E-state index is 5.10. The first-order chi connectivity index (χ1) is 3.41. The summed E-state index contributed by atoms with van der Waals surface area (Å²) in [6, 6.07) is 0. The van der Waals surface area contributed by atoms with Gasteiger partial charge in [-0.05, 0) is 0 Å². The lowest BCUT2D eigenvalue weighted by Gasteiger charge is -1.95. The quantitative estimate of drug-likeness (QED) is 0.379. The summed E-state index contributed by atoms with van der Waals surface area (Å²) in [4.78, 5) is 0. The Morgan fingerprint density at radius 2 is 1.22 bits per heavy atom. The number of ether oxygens (including phenoxy) is 1. The number of hydrogen-bond acceptors (Lipinski definition) is 5. The topological polar surface area (TPSA) is 131 Å².